The van der Waals surface area contributed by atoms with Crippen LogP contribution in [0.15, 0.2) is 78.9 Å². The van der Waals surface area contributed by atoms with Crippen LogP contribution in [-0.4, -0.2) is 28.3 Å². The quantitative estimate of drug-likeness (QED) is 0.183. The van der Waals surface area contributed by atoms with Gasteiger partial charge in [-0.25, -0.2) is 9.78 Å². The maximum Gasteiger partial charge on any atom is 0.339 e. The molecule has 0 unspecified atom stereocenters. The molecule has 0 atom stereocenters. The number of hydrogen-bond donors (Lipinski definition) is 0. The third-order valence-corrected chi connectivity index (χ3v) is 4.99. The number of non-ortho nitro benzene ring substituents is 1. The van der Waals surface area contributed by atoms with E-state index in [1.54, 1.807) is 6.07 Å². The van der Waals surface area contributed by atoms with E-state index in [4.69, 9.17) is 4.74 Å². The van der Waals surface area contributed by atoms with Crippen molar-refractivity contribution in [3.05, 3.63) is 106 Å². The summed E-state index contributed by atoms with van der Waals surface area (Å²) in [7, 11) is 0. The smallest absolute Gasteiger partial charge is 0.339 e. The van der Waals surface area contributed by atoms with Crippen LogP contribution >= 0.6 is 0 Å². The number of aryl methyl sites for hydroxylation is 1. The molecule has 0 saturated carbocycles. The van der Waals surface area contributed by atoms with Gasteiger partial charge in [0.15, 0.2) is 12.4 Å². The zero-order valence-corrected chi connectivity index (χ0v) is 17.1. The standard InChI is InChI=1S/C25H18N2O5/c1-16-7-12-22-20(13-16)21(14-23(26-22)17-5-3-2-4-6-17)25(29)32-15-24(28)18-8-10-19(11-9-18)27(30)31/h2-14H,15H2,1H3. The molecule has 32 heavy (non-hydrogen) atoms. The number of carbonyl (C=O) groups excluding carboxylic acids is 2. The van der Waals surface area contributed by atoms with Gasteiger partial charge >= 0.3 is 5.97 Å². The van der Waals surface area contributed by atoms with Crippen LogP contribution in [0.5, 0.6) is 0 Å². The molecule has 158 valence electrons. The summed E-state index contributed by atoms with van der Waals surface area (Å²) in [6.45, 7) is 1.44. The van der Waals surface area contributed by atoms with Crippen LogP contribution in [0.3, 0.4) is 0 Å². The normalized spacial score (nSPS) is 10.7. The zero-order chi connectivity index (χ0) is 22.7. The maximum absolute atomic E-state index is 12.9. The Labute approximate surface area is 183 Å². The topological polar surface area (TPSA) is 99.4 Å². The van der Waals surface area contributed by atoms with Gasteiger partial charge in [0.1, 0.15) is 0 Å². The number of nitro benzene ring substituents is 1. The number of nitro groups is 1. The van der Waals surface area contributed by atoms with E-state index in [9.17, 15) is 19.7 Å². The van der Waals surface area contributed by atoms with E-state index < -0.39 is 23.3 Å². The molecule has 0 amide bonds. The van der Waals surface area contributed by atoms with Gasteiger partial charge in [-0.15, -0.1) is 0 Å². The van der Waals surface area contributed by atoms with E-state index >= 15 is 0 Å². The summed E-state index contributed by atoms with van der Waals surface area (Å²) in [6, 6.07) is 21.9. The fourth-order valence-corrected chi connectivity index (χ4v) is 3.33. The number of ketones is 1. The van der Waals surface area contributed by atoms with Crippen LogP contribution in [-0.2, 0) is 4.74 Å². The molecular weight excluding hydrogens is 408 g/mol. The van der Waals surface area contributed by atoms with E-state index in [0.717, 1.165) is 11.1 Å². The summed E-state index contributed by atoms with van der Waals surface area (Å²) in [6.07, 6.45) is 0. The molecule has 0 aliphatic heterocycles. The van der Waals surface area contributed by atoms with Gasteiger partial charge in [-0.05, 0) is 37.3 Å². The largest absolute Gasteiger partial charge is 0.454 e. The minimum absolute atomic E-state index is 0.120. The van der Waals surface area contributed by atoms with Gasteiger partial charge in [-0.1, -0.05) is 42.0 Å². The molecule has 0 bridgehead atoms. The lowest BCUT2D eigenvalue weighted by molar-refractivity contribution is -0.384. The number of nitrogens with zero attached hydrogens (tertiary/aromatic N) is 2. The Morgan fingerprint density at radius 1 is 0.969 bits per heavy atom. The predicted molar refractivity (Wildman–Crippen MR) is 120 cm³/mol. The van der Waals surface area contributed by atoms with Crippen molar-refractivity contribution in [1.29, 1.82) is 0 Å². The van der Waals surface area contributed by atoms with Crippen LogP contribution in [0.1, 0.15) is 26.3 Å². The number of benzene rings is 3. The fourth-order valence-electron chi connectivity index (χ4n) is 3.33. The third-order valence-electron chi connectivity index (χ3n) is 4.99. The summed E-state index contributed by atoms with van der Waals surface area (Å²) in [5.41, 5.74) is 3.50. The highest BCUT2D eigenvalue weighted by Crippen LogP contribution is 2.26. The Morgan fingerprint density at radius 3 is 2.38 bits per heavy atom. The molecule has 7 nitrogen and oxygen atoms in total. The van der Waals surface area contributed by atoms with Gasteiger partial charge in [-0.3, -0.25) is 14.9 Å². The van der Waals surface area contributed by atoms with E-state index in [0.29, 0.717) is 22.2 Å². The second-order valence-corrected chi connectivity index (χ2v) is 7.24. The Morgan fingerprint density at radius 2 is 1.69 bits per heavy atom. The average molecular weight is 426 g/mol. The molecule has 0 saturated heterocycles. The number of ether oxygens (including phenoxy) is 1. The highest BCUT2D eigenvalue weighted by molar-refractivity contribution is 6.06. The summed E-state index contributed by atoms with van der Waals surface area (Å²) < 4.78 is 5.31. The van der Waals surface area contributed by atoms with Gasteiger partial charge in [0.2, 0.25) is 0 Å². The second-order valence-electron chi connectivity index (χ2n) is 7.24. The number of Topliss-reactive ketones (excluding diaryl/α,β-unsaturated/α-hetero) is 1. The SMILES string of the molecule is Cc1ccc2nc(-c3ccccc3)cc(C(=O)OCC(=O)c3ccc([N+](=O)[O-])cc3)c2c1. The maximum atomic E-state index is 12.9. The summed E-state index contributed by atoms with van der Waals surface area (Å²) >= 11 is 0. The number of fused-ring (bicyclic) bond motifs is 1. The molecule has 7 heteroatoms. The van der Waals surface area contributed by atoms with Gasteiger partial charge in [0.25, 0.3) is 5.69 Å². The molecule has 4 aromatic rings. The molecule has 0 N–H and O–H groups in total. The predicted octanol–water partition coefficient (Wildman–Crippen LogP) is 5.16. The van der Waals surface area contributed by atoms with Crippen LogP contribution in [0, 0.1) is 17.0 Å². The van der Waals surface area contributed by atoms with Crippen LogP contribution in [0.25, 0.3) is 22.2 Å². The molecule has 1 heterocycles. The minimum atomic E-state index is -0.643. The van der Waals surface area contributed by atoms with Crippen LogP contribution < -0.4 is 0 Å². The highest BCUT2D eigenvalue weighted by atomic mass is 16.6. The molecule has 0 radical (unpaired) electrons. The van der Waals surface area contributed by atoms with Crippen LogP contribution in [0.4, 0.5) is 5.69 Å². The molecule has 0 fully saturated rings. The molecule has 3 aromatic carbocycles. The van der Waals surface area contributed by atoms with Crippen LogP contribution in [0.2, 0.25) is 0 Å². The Kier molecular flexibility index (Phi) is 5.72. The lowest BCUT2D eigenvalue weighted by Crippen LogP contribution is -2.15. The molecule has 0 spiro atoms. The first-order chi connectivity index (χ1) is 15.4. The lowest BCUT2D eigenvalue weighted by Gasteiger charge is -2.11. The van der Waals surface area contributed by atoms with Gasteiger partial charge in [0, 0.05) is 28.6 Å². The Balaban J connectivity index is 1.61. The van der Waals surface area contributed by atoms with Crippen molar-refractivity contribution in [1.82, 2.24) is 4.98 Å². The van der Waals surface area contributed by atoms with E-state index in [2.05, 4.69) is 4.98 Å². The lowest BCUT2D eigenvalue weighted by atomic mass is 10.0. The second kappa shape index (κ2) is 8.77. The summed E-state index contributed by atoms with van der Waals surface area (Å²) in [5, 5.41) is 11.4. The van der Waals surface area contributed by atoms with Crippen molar-refractivity contribution in [3.63, 3.8) is 0 Å². The van der Waals surface area contributed by atoms with E-state index in [-0.39, 0.29) is 11.3 Å². The van der Waals surface area contributed by atoms with Gasteiger partial charge < -0.3 is 4.74 Å². The molecule has 0 aliphatic carbocycles. The van der Waals surface area contributed by atoms with Crippen molar-refractivity contribution < 1.29 is 19.2 Å². The molecule has 4 rings (SSSR count). The fraction of sp³-hybridized carbons (Fsp3) is 0.0800. The average Bonchev–Trinajstić information content (AvgIpc) is 2.82. The van der Waals surface area contributed by atoms with Crippen molar-refractivity contribution in [2.75, 3.05) is 6.61 Å². The zero-order valence-electron chi connectivity index (χ0n) is 17.1. The number of rotatable bonds is 6. The first-order valence-corrected chi connectivity index (χ1v) is 9.84. The van der Waals surface area contributed by atoms with Crippen molar-refractivity contribution in [2.24, 2.45) is 0 Å². The Hall–Kier alpha value is -4.39. The van der Waals surface area contributed by atoms with E-state index in [1.807, 2.05) is 55.5 Å². The number of carbonyl (C=O) groups is 2. The number of esters is 1. The van der Waals surface area contributed by atoms with Gasteiger partial charge in [-0.2, -0.15) is 0 Å². The molecular formula is C25H18N2O5. The van der Waals surface area contributed by atoms with Crippen molar-refractivity contribution in [3.8, 4) is 11.3 Å². The first-order valence-electron chi connectivity index (χ1n) is 9.84. The van der Waals surface area contributed by atoms with E-state index in [1.165, 1.54) is 24.3 Å². The monoisotopic (exact) mass is 426 g/mol. The van der Waals surface area contributed by atoms with Crippen molar-refractivity contribution in [2.45, 2.75) is 6.92 Å². The summed E-state index contributed by atoms with van der Waals surface area (Å²) in [4.78, 5) is 40.2. The molecule has 0 aliphatic rings. The number of hydrogen-bond acceptors (Lipinski definition) is 6. The number of aromatic nitrogens is 1. The number of pyridine rings is 1. The molecule has 1 aromatic heterocycles. The Bertz CT molecular complexity index is 1330. The summed E-state index contributed by atoms with van der Waals surface area (Å²) in [5.74, 6) is -1.10. The van der Waals surface area contributed by atoms with Crippen molar-refractivity contribution >= 4 is 28.3 Å². The third kappa shape index (κ3) is 4.37. The minimum Gasteiger partial charge on any atom is -0.454 e. The van der Waals surface area contributed by atoms with Gasteiger partial charge in [0.05, 0.1) is 21.7 Å². The first kappa shape index (κ1) is 20.9. The highest BCUT2D eigenvalue weighted by Gasteiger charge is 2.18.